The first-order valence-electron chi connectivity index (χ1n) is 5.66. The number of benzene rings is 2. The summed E-state index contributed by atoms with van der Waals surface area (Å²) in [5.74, 6) is -3.42. The molecular formula is C13H7F5O3S. The van der Waals surface area contributed by atoms with Gasteiger partial charge in [-0.2, -0.15) is 13.2 Å². The molecular weight excluding hydrogens is 331 g/mol. The molecule has 3 nitrogen and oxygen atoms in total. The Bertz CT molecular complexity index is 800. The van der Waals surface area contributed by atoms with Crippen molar-refractivity contribution < 1.29 is 35.1 Å². The van der Waals surface area contributed by atoms with E-state index >= 15 is 0 Å². The van der Waals surface area contributed by atoms with Gasteiger partial charge in [-0.15, -0.1) is 0 Å². The van der Waals surface area contributed by atoms with Gasteiger partial charge in [-0.25, -0.2) is 17.2 Å². The molecule has 0 aliphatic heterocycles. The van der Waals surface area contributed by atoms with Gasteiger partial charge in [0.2, 0.25) is 0 Å². The number of ether oxygens (including phenoxy) is 1. The third-order valence-corrected chi connectivity index (χ3v) is 4.08. The Balaban J connectivity index is 2.50. The summed E-state index contributed by atoms with van der Waals surface area (Å²) in [5, 5.41) is 0. The molecule has 0 saturated carbocycles. The predicted octanol–water partition coefficient (Wildman–Crippen LogP) is 4.05. The maximum absolute atomic E-state index is 13.5. The molecule has 2 rings (SSSR count). The van der Waals surface area contributed by atoms with E-state index in [2.05, 4.69) is 0 Å². The number of para-hydroxylation sites is 1. The Kier molecular flexibility index (Phi) is 4.10. The zero-order valence-corrected chi connectivity index (χ0v) is 11.4. The van der Waals surface area contributed by atoms with Gasteiger partial charge in [-0.3, -0.25) is 0 Å². The molecule has 0 fully saturated rings. The third kappa shape index (κ3) is 3.03. The fourth-order valence-corrected chi connectivity index (χ4v) is 2.44. The van der Waals surface area contributed by atoms with Crippen LogP contribution in [0.15, 0.2) is 47.4 Å². The van der Waals surface area contributed by atoms with E-state index in [-0.39, 0.29) is 0 Å². The first-order chi connectivity index (χ1) is 10.1. The molecule has 0 N–H and O–H groups in total. The topological polar surface area (TPSA) is 43.4 Å². The van der Waals surface area contributed by atoms with Gasteiger partial charge in [0.25, 0.3) is 9.84 Å². The molecule has 2 aromatic carbocycles. The number of hydrogen-bond donors (Lipinski definition) is 0. The van der Waals surface area contributed by atoms with E-state index in [9.17, 15) is 30.4 Å². The van der Waals surface area contributed by atoms with Crippen LogP contribution in [0, 0.1) is 11.6 Å². The number of hydrogen-bond acceptors (Lipinski definition) is 3. The van der Waals surface area contributed by atoms with Crippen molar-refractivity contribution in [1.29, 1.82) is 0 Å². The molecule has 0 aliphatic carbocycles. The summed E-state index contributed by atoms with van der Waals surface area (Å²) < 4.78 is 91.8. The average Bonchev–Trinajstić information content (AvgIpc) is 2.41. The number of rotatable bonds is 3. The molecule has 0 amide bonds. The molecule has 0 atom stereocenters. The molecule has 0 aromatic heterocycles. The van der Waals surface area contributed by atoms with Crippen molar-refractivity contribution >= 4 is 9.84 Å². The van der Waals surface area contributed by atoms with Crippen LogP contribution in [0.5, 0.6) is 11.5 Å². The van der Waals surface area contributed by atoms with Gasteiger partial charge in [-0.1, -0.05) is 12.1 Å². The molecule has 0 radical (unpaired) electrons. The van der Waals surface area contributed by atoms with E-state index in [1.165, 1.54) is 6.07 Å². The Hall–Kier alpha value is -2.16. The van der Waals surface area contributed by atoms with Crippen LogP contribution in [0.2, 0.25) is 0 Å². The Morgan fingerprint density at radius 2 is 1.55 bits per heavy atom. The molecule has 22 heavy (non-hydrogen) atoms. The van der Waals surface area contributed by atoms with Crippen molar-refractivity contribution in [2.75, 3.05) is 0 Å². The van der Waals surface area contributed by atoms with Crippen molar-refractivity contribution in [3.63, 3.8) is 0 Å². The van der Waals surface area contributed by atoms with Crippen LogP contribution in [0.4, 0.5) is 22.0 Å². The summed E-state index contributed by atoms with van der Waals surface area (Å²) in [6.45, 7) is 0. The highest BCUT2D eigenvalue weighted by Crippen LogP contribution is 2.37. The first kappa shape index (κ1) is 16.2. The van der Waals surface area contributed by atoms with Crippen LogP contribution in [-0.4, -0.2) is 13.9 Å². The van der Waals surface area contributed by atoms with Gasteiger partial charge in [0.1, 0.15) is 16.5 Å². The molecule has 2 aromatic rings. The van der Waals surface area contributed by atoms with Crippen LogP contribution < -0.4 is 4.74 Å². The highest BCUT2D eigenvalue weighted by atomic mass is 32.2. The maximum Gasteiger partial charge on any atom is 0.502 e. The molecule has 9 heteroatoms. The minimum atomic E-state index is -5.67. The predicted molar refractivity (Wildman–Crippen MR) is 66.1 cm³/mol. The summed E-state index contributed by atoms with van der Waals surface area (Å²) in [4.78, 5) is -1.16. The lowest BCUT2D eigenvalue weighted by Crippen LogP contribution is -2.23. The Labute approximate surface area is 121 Å². The molecule has 0 heterocycles. The summed E-state index contributed by atoms with van der Waals surface area (Å²) in [6.07, 6.45) is 0. The van der Waals surface area contributed by atoms with Gasteiger partial charge in [0, 0.05) is 6.07 Å². The van der Waals surface area contributed by atoms with Gasteiger partial charge in [0.15, 0.2) is 11.6 Å². The van der Waals surface area contributed by atoms with Crippen molar-refractivity contribution in [2.24, 2.45) is 0 Å². The van der Waals surface area contributed by atoms with Crippen LogP contribution in [-0.2, 0) is 9.84 Å². The van der Waals surface area contributed by atoms with E-state index < -0.39 is 43.4 Å². The normalized spacial score (nSPS) is 12.2. The van der Waals surface area contributed by atoms with Crippen LogP contribution in [0.1, 0.15) is 0 Å². The van der Waals surface area contributed by atoms with Gasteiger partial charge in [0.05, 0.1) is 0 Å². The molecule has 0 aliphatic rings. The quantitative estimate of drug-likeness (QED) is 0.793. The highest BCUT2D eigenvalue weighted by molar-refractivity contribution is 7.92. The first-order valence-corrected chi connectivity index (χ1v) is 7.14. The second kappa shape index (κ2) is 5.56. The monoisotopic (exact) mass is 338 g/mol. The van der Waals surface area contributed by atoms with Crippen molar-refractivity contribution in [2.45, 2.75) is 10.4 Å². The summed E-state index contributed by atoms with van der Waals surface area (Å²) in [5.41, 5.74) is -5.53. The van der Waals surface area contributed by atoms with Crippen LogP contribution in [0.3, 0.4) is 0 Å². The lowest BCUT2D eigenvalue weighted by molar-refractivity contribution is -0.0436. The van der Waals surface area contributed by atoms with Gasteiger partial charge < -0.3 is 4.74 Å². The van der Waals surface area contributed by atoms with E-state index in [1.54, 1.807) is 0 Å². The van der Waals surface area contributed by atoms with Crippen molar-refractivity contribution in [1.82, 2.24) is 0 Å². The fourth-order valence-electron chi connectivity index (χ4n) is 1.56. The molecule has 0 unspecified atom stereocenters. The minimum Gasteiger partial charge on any atom is -0.453 e. The Morgan fingerprint density at radius 1 is 0.909 bits per heavy atom. The molecule has 0 saturated heterocycles. The smallest absolute Gasteiger partial charge is 0.453 e. The summed E-state index contributed by atoms with van der Waals surface area (Å²) in [6, 6.07) is 6.00. The average molecular weight is 338 g/mol. The molecule has 0 spiro atoms. The zero-order valence-electron chi connectivity index (χ0n) is 10.6. The molecule has 0 bridgehead atoms. The maximum atomic E-state index is 13.5. The summed E-state index contributed by atoms with van der Waals surface area (Å²) in [7, 11) is -5.67. The zero-order chi connectivity index (χ0) is 16.5. The van der Waals surface area contributed by atoms with E-state index in [0.717, 1.165) is 24.3 Å². The second-order valence-corrected chi connectivity index (χ2v) is 5.98. The van der Waals surface area contributed by atoms with Crippen molar-refractivity contribution in [3.05, 3.63) is 54.1 Å². The SMILES string of the molecule is O=S(=O)(c1ccccc1Oc1ccc(F)cc1F)C(F)(F)F. The number of halogens is 5. The van der Waals surface area contributed by atoms with E-state index in [1.807, 2.05) is 0 Å². The van der Waals surface area contributed by atoms with Gasteiger partial charge >= 0.3 is 5.51 Å². The Morgan fingerprint density at radius 3 is 2.14 bits per heavy atom. The second-order valence-electron chi connectivity index (χ2n) is 4.07. The van der Waals surface area contributed by atoms with Gasteiger partial charge in [-0.05, 0) is 24.3 Å². The fraction of sp³-hybridized carbons (Fsp3) is 0.0769. The van der Waals surface area contributed by atoms with Crippen LogP contribution in [0.25, 0.3) is 0 Å². The van der Waals surface area contributed by atoms with Crippen LogP contribution >= 0.6 is 0 Å². The third-order valence-electron chi connectivity index (χ3n) is 2.56. The van der Waals surface area contributed by atoms with E-state index in [0.29, 0.717) is 12.1 Å². The highest BCUT2D eigenvalue weighted by Gasteiger charge is 2.48. The van der Waals surface area contributed by atoms with Crippen molar-refractivity contribution in [3.8, 4) is 11.5 Å². The molecule has 118 valence electrons. The largest absolute Gasteiger partial charge is 0.502 e. The summed E-state index contributed by atoms with van der Waals surface area (Å²) >= 11 is 0. The number of sulfone groups is 1. The van der Waals surface area contributed by atoms with E-state index in [4.69, 9.17) is 4.74 Å². The minimum absolute atomic E-state index is 0.455. The standard InChI is InChI=1S/C13H7F5O3S/c14-8-5-6-10(9(15)7-8)21-11-3-1-2-4-12(11)22(19,20)13(16,17)18/h1-7H. The lowest BCUT2D eigenvalue weighted by atomic mass is 10.3. The lowest BCUT2D eigenvalue weighted by Gasteiger charge is -2.13. The number of alkyl halides is 3.